The molecule has 1 aliphatic carbocycles. The fraction of sp³-hybridized carbons (Fsp3) is 0.357. The van der Waals surface area contributed by atoms with Gasteiger partial charge in [0.2, 0.25) is 0 Å². The molecular weight excluding hydrogens is 442 g/mol. The lowest BCUT2D eigenvalue weighted by Gasteiger charge is -2.11. The summed E-state index contributed by atoms with van der Waals surface area (Å²) in [5.41, 5.74) is 3.72. The quantitative estimate of drug-likeness (QED) is 0.124. The molecule has 1 aromatic heterocycles. The van der Waals surface area contributed by atoms with Gasteiger partial charge in [0.15, 0.2) is 0 Å². The van der Waals surface area contributed by atoms with Gasteiger partial charge in [-0.15, -0.1) is 0 Å². The summed E-state index contributed by atoms with van der Waals surface area (Å²) in [5.74, 6) is 0.228. The van der Waals surface area contributed by atoms with Crippen LogP contribution in [0.2, 0.25) is 0 Å². The number of hydrogen-bond donors (Lipinski definition) is 0. The Morgan fingerprint density at radius 1 is 1.09 bits per heavy atom. The van der Waals surface area contributed by atoms with Crippen LogP contribution in [0.15, 0.2) is 53.7 Å². The van der Waals surface area contributed by atoms with Crippen molar-refractivity contribution < 1.29 is 14.6 Å². The second-order valence-electron chi connectivity index (χ2n) is 9.38. The normalized spacial score (nSPS) is 14.9. The number of aryl methyl sites for hydroxylation is 1. The van der Waals surface area contributed by atoms with Gasteiger partial charge in [-0.3, -0.25) is 10.1 Å². The number of fused-ring (bicyclic) bond motifs is 5. The van der Waals surface area contributed by atoms with E-state index in [4.69, 9.17) is 4.84 Å². The average molecular weight is 472 g/mol. The highest BCUT2D eigenvalue weighted by Gasteiger charge is 2.22. The summed E-state index contributed by atoms with van der Waals surface area (Å²) in [6.07, 6.45) is 6.75. The molecule has 4 aromatic rings. The van der Waals surface area contributed by atoms with Crippen LogP contribution in [0.1, 0.15) is 57.9 Å². The van der Waals surface area contributed by atoms with Gasteiger partial charge >= 0.3 is 5.97 Å². The number of benzene rings is 3. The van der Waals surface area contributed by atoms with Crippen molar-refractivity contribution in [2.24, 2.45) is 11.1 Å². The van der Waals surface area contributed by atoms with Crippen LogP contribution >= 0.6 is 0 Å². The number of rotatable bonds is 7. The maximum Gasteiger partial charge on any atom is 0.331 e. The van der Waals surface area contributed by atoms with Gasteiger partial charge in [0.25, 0.3) is 5.69 Å². The van der Waals surface area contributed by atoms with E-state index in [-0.39, 0.29) is 10.6 Å². The average Bonchev–Trinajstić information content (AvgIpc) is 3.48. The number of nitro groups is 1. The number of carbonyl (C=O) groups is 1. The summed E-state index contributed by atoms with van der Waals surface area (Å²) in [6.45, 7) is 4.16. The number of hydrogen-bond acceptors (Lipinski definition) is 5. The number of aromatic nitrogens is 1. The zero-order valence-corrected chi connectivity index (χ0v) is 20.1. The molecule has 0 spiro atoms. The molecule has 0 amide bonds. The highest BCUT2D eigenvalue weighted by molar-refractivity contribution is 6.21. The maximum atomic E-state index is 11.9. The van der Waals surface area contributed by atoms with E-state index in [2.05, 4.69) is 16.6 Å². The molecule has 0 atom stereocenters. The molecule has 0 unspecified atom stereocenters. The Hall–Kier alpha value is -3.74. The molecule has 1 saturated carbocycles. The summed E-state index contributed by atoms with van der Waals surface area (Å²) in [5, 5.41) is 19.4. The lowest BCUT2D eigenvalue weighted by molar-refractivity contribution is -0.382. The molecule has 7 heteroatoms. The van der Waals surface area contributed by atoms with Gasteiger partial charge in [-0.2, -0.15) is 0 Å². The first kappa shape index (κ1) is 23.0. The molecule has 1 heterocycles. The van der Waals surface area contributed by atoms with Crippen molar-refractivity contribution >= 4 is 49.9 Å². The van der Waals surface area contributed by atoms with Crippen molar-refractivity contribution in [3.63, 3.8) is 0 Å². The fourth-order valence-corrected chi connectivity index (χ4v) is 5.61. The zero-order chi connectivity index (χ0) is 24.5. The maximum absolute atomic E-state index is 11.9. The van der Waals surface area contributed by atoms with Crippen LogP contribution in [-0.4, -0.2) is 21.2 Å². The predicted molar refractivity (Wildman–Crippen MR) is 139 cm³/mol. The summed E-state index contributed by atoms with van der Waals surface area (Å²) in [6, 6.07) is 15.3. The Balaban J connectivity index is 1.70. The van der Waals surface area contributed by atoms with E-state index in [0.29, 0.717) is 11.3 Å². The van der Waals surface area contributed by atoms with Crippen LogP contribution in [0.5, 0.6) is 0 Å². The Bertz CT molecular complexity index is 1480. The van der Waals surface area contributed by atoms with E-state index in [0.717, 1.165) is 57.9 Å². The minimum absolute atomic E-state index is 0.101. The molecule has 5 rings (SSSR count). The third kappa shape index (κ3) is 4.27. The third-order valence-corrected chi connectivity index (χ3v) is 7.24. The molecule has 0 bridgehead atoms. The Morgan fingerprint density at radius 3 is 2.51 bits per heavy atom. The first-order chi connectivity index (χ1) is 17.0. The van der Waals surface area contributed by atoms with E-state index in [9.17, 15) is 14.9 Å². The van der Waals surface area contributed by atoms with Gasteiger partial charge in [0.05, 0.1) is 21.5 Å². The van der Waals surface area contributed by atoms with Crippen LogP contribution in [-0.2, 0) is 16.2 Å². The van der Waals surface area contributed by atoms with Crippen LogP contribution in [0.25, 0.3) is 32.6 Å². The summed E-state index contributed by atoms with van der Waals surface area (Å²) in [4.78, 5) is 28.2. The minimum atomic E-state index is -0.450. The topological polar surface area (TPSA) is 86.7 Å². The number of oxime groups is 1. The zero-order valence-electron chi connectivity index (χ0n) is 20.1. The van der Waals surface area contributed by atoms with Crippen molar-refractivity contribution in [3.8, 4) is 0 Å². The van der Waals surface area contributed by atoms with Gasteiger partial charge in [-0.1, -0.05) is 55.1 Å². The van der Waals surface area contributed by atoms with E-state index >= 15 is 0 Å². The Kier molecular flexibility index (Phi) is 6.24. The lowest BCUT2D eigenvalue weighted by Crippen LogP contribution is -2.07. The number of nitro benzene ring substituents is 1. The molecule has 1 fully saturated rings. The number of nitrogens with zero attached hydrogens (tertiary/aromatic N) is 3. The summed E-state index contributed by atoms with van der Waals surface area (Å²) in [7, 11) is 0. The monoisotopic (exact) mass is 471 g/mol. The number of non-ortho nitro benzene ring substituents is 1. The van der Waals surface area contributed by atoms with Crippen molar-refractivity contribution in [2.45, 2.75) is 58.9 Å². The predicted octanol–water partition coefficient (Wildman–Crippen LogP) is 7.11. The third-order valence-electron chi connectivity index (χ3n) is 7.24. The second kappa shape index (κ2) is 9.49. The SMILES string of the molecule is CCn1c2ccc(/C(CCC3CCCC3)=N/OC(C)=O)cc2c2cc([N+](=O)[O-])c3ccccc3c21. The van der Waals surface area contributed by atoms with Gasteiger partial charge in [0, 0.05) is 46.8 Å². The molecular formula is C28H29N3O4. The first-order valence-electron chi connectivity index (χ1n) is 12.3. The largest absolute Gasteiger partial charge is 0.340 e. The van der Waals surface area contributed by atoms with Gasteiger partial charge < -0.3 is 9.40 Å². The highest BCUT2D eigenvalue weighted by atomic mass is 16.7. The molecule has 35 heavy (non-hydrogen) atoms. The van der Waals surface area contributed by atoms with Crippen molar-refractivity contribution in [3.05, 3.63) is 64.2 Å². The van der Waals surface area contributed by atoms with E-state index in [1.807, 2.05) is 42.5 Å². The smallest absolute Gasteiger partial charge is 0.331 e. The Morgan fingerprint density at radius 2 is 1.83 bits per heavy atom. The van der Waals surface area contributed by atoms with Gasteiger partial charge in [0.1, 0.15) is 0 Å². The fourth-order valence-electron chi connectivity index (χ4n) is 5.61. The molecule has 0 aliphatic heterocycles. The van der Waals surface area contributed by atoms with Crippen molar-refractivity contribution in [1.82, 2.24) is 4.57 Å². The second-order valence-corrected chi connectivity index (χ2v) is 9.38. The summed E-state index contributed by atoms with van der Waals surface area (Å²) >= 11 is 0. The van der Waals surface area contributed by atoms with E-state index in [1.54, 1.807) is 6.07 Å². The molecule has 7 nitrogen and oxygen atoms in total. The van der Waals surface area contributed by atoms with Crippen LogP contribution in [0.4, 0.5) is 5.69 Å². The van der Waals surface area contributed by atoms with E-state index < -0.39 is 5.97 Å². The van der Waals surface area contributed by atoms with Gasteiger partial charge in [-0.05, 0) is 43.9 Å². The van der Waals surface area contributed by atoms with Gasteiger partial charge in [-0.25, -0.2) is 4.79 Å². The highest BCUT2D eigenvalue weighted by Crippen LogP contribution is 2.39. The standard InChI is InChI=1S/C28H29N3O4/c1-3-30-26-15-13-20(25(29-35-18(2)32)14-12-19-8-4-5-9-19)16-23(26)24-17-27(31(33)34)21-10-6-7-11-22(21)28(24)30/h6-7,10-11,13,15-17,19H,3-5,8-9,12,14H2,1-2H3/b29-25+. The molecule has 0 saturated heterocycles. The molecule has 0 radical (unpaired) electrons. The van der Waals surface area contributed by atoms with Crippen LogP contribution < -0.4 is 0 Å². The lowest BCUT2D eigenvalue weighted by atomic mass is 9.96. The van der Waals surface area contributed by atoms with Crippen molar-refractivity contribution in [1.29, 1.82) is 0 Å². The summed E-state index contributed by atoms with van der Waals surface area (Å²) < 4.78 is 2.21. The van der Waals surface area contributed by atoms with E-state index in [1.165, 1.54) is 32.6 Å². The molecule has 0 N–H and O–H groups in total. The minimum Gasteiger partial charge on any atom is -0.340 e. The molecule has 1 aliphatic rings. The van der Waals surface area contributed by atoms with Crippen molar-refractivity contribution in [2.75, 3.05) is 0 Å². The Labute approximate surface area is 203 Å². The number of carbonyl (C=O) groups excluding carboxylic acids is 1. The molecule has 3 aromatic carbocycles. The van der Waals surface area contributed by atoms with Crippen LogP contribution in [0, 0.1) is 16.0 Å². The first-order valence-corrected chi connectivity index (χ1v) is 12.3. The molecule has 180 valence electrons. The van der Waals surface area contributed by atoms with Crippen LogP contribution in [0.3, 0.4) is 0 Å².